The van der Waals surface area contributed by atoms with Crippen LogP contribution in [0.3, 0.4) is 0 Å². The maximum absolute atomic E-state index is 13.7. The molecule has 0 heterocycles. The SMILES string of the molecule is COc1cc(C=O)cc(I)c1OC1C=C(C(=O)NCCO)CC(N(CC(F)(F)F)C(=O)CCC2CCCC2)C1O. The Kier molecular flexibility index (Phi) is 11.6. The predicted molar refractivity (Wildman–Crippen MR) is 147 cm³/mol. The molecule has 0 bridgehead atoms. The fourth-order valence-corrected chi connectivity index (χ4v) is 5.94. The summed E-state index contributed by atoms with van der Waals surface area (Å²) in [5, 5.41) is 22.9. The summed E-state index contributed by atoms with van der Waals surface area (Å²) in [5.41, 5.74) is 0.294. The Bertz CT molecular complexity index is 1090. The van der Waals surface area contributed by atoms with Crippen molar-refractivity contribution >= 4 is 40.7 Å². The van der Waals surface area contributed by atoms with Gasteiger partial charge in [0.15, 0.2) is 11.5 Å². The molecule has 2 amide bonds. The summed E-state index contributed by atoms with van der Waals surface area (Å²) in [6.07, 6.45) is -1.90. The molecule has 1 aromatic rings. The van der Waals surface area contributed by atoms with E-state index in [-0.39, 0.29) is 49.0 Å². The Hall–Kier alpha value is -2.39. The summed E-state index contributed by atoms with van der Waals surface area (Å²) in [6, 6.07) is 1.48. The third-order valence-corrected chi connectivity index (χ3v) is 7.97. The van der Waals surface area contributed by atoms with E-state index < -0.39 is 42.8 Å². The lowest BCUT2D eigenvalue weighted by Crippen LogP contribution is -2.57. The number of hydrogen-bond donors (Lipinski definition) is 3. The molecule has 2 aliphatic rings. The van der Waals surface area contributed by atoms with E-state index in [1.165, 1.54) is 25.3 Å². The summed E-state index contributed by atoms with van der Waals surface area (Å²) in [4.78, 5) is 38.0. The first-order valence-corrected chi connectivity index (χ1v) is 14.2. The van der Waals surface area contributed by atoms with Crippen LogP contribution in [-0.2, 0) is 9.59 Å². The molecular formula is C27H34F3IN2O7. The zero-order valence-electron chi connectivity index (χ0n) is 22.1. The molecule has 0 aromatic heterocycles. The third kappa shape index (κ3) is 8.56. The van der Waals surface area contributed by atoms with Gasteiger partial charge in [0.25, 0.3) is 0 Å². The second kappa shape index (κ2) is 14.5. The number of nitrogens with zero attached hydrogens (tertiary/aromatic N) is 1. The number of rotatable bonds is 12. The summed E-state index contributed by atoms with van der Waals surface area (Å²) in [7, 11) is 1.34. The number of hydrogen-bond acceptors (Lipinski definition) is 7. The maximum atomic E-state index is 13.7. The van der Waals surface area contributed by atoms with Crippen molar-refractivity contribution in [1.82, 2.24) is 10.2 Å². The van der Waals surface area contributed by atoms with Gasteiger partial charge < -0.3 is 29.9 Å². The molecule has 0 saturated heterocycles. The Labute approximate surface area is 244 Å². The molecule has 222 valence electrons. The minimum absolute atomic E-state index is 0.00278. The first-order valence-electron chi connectivity index (χ1n) is 13.1. The molecule has 0 radical (unpaired) electrons. The lowest BCUT2D eigenvalue weighted by Gasteiger charge is -2.41. The van der Waals surface area contributed by atoms with Crippen molar-refractivity contribution in [2.45, 2.75) is 69.4 Å². The van der Waals surface area contributed by atoms with Crippen molar-refractivity contribution < 1.29 is 47.2 Å². The molecule has 3 N–H and O–H groups in total. The first-order chi connectivity index (χ1) is 19.0. The van der Waals surface area contributed by atoms with Gasteiger partial charge in [-0.15, -0.1) is 0 Å². The zero-order chi connectivity index (χ0) is 29.4. The van der Waals surface area contributed by atoms with Gasteiger partial charge in [0.2, 0.25) is 11.8 Å². The van der Waals surface area contributed by atoms with E-state index in [2.05, 4.69) is 5.32 Å². The number of nitrogens with one attached hydrogen (secondary N) is 1. The largest absolute Gasteiger partial charge is 0.493 e. The molecule has 9 nitrogen and oxygen atoms in total. The number of carbonyl (C=O) groups is 3. The highest BCUT2D eigenvalue weighted by atomic mass is 127. The highest BCUT2D eigenvalue weighted by molar-refractivity contribution is 14.1. The van der Waals surface area contributed by atoms with Crippen molar-refractivity contribution in [1.29, 1.82) is 0 Å². The summed E-state index contributed by atoms with van der Waals surface area (Å²) in [6.45, 7) is -2.05. The number of benzene rings is 1. The van der Waals surface area contributed by atoms with Gasteiger partial charge in [0, 0.05) is 30.5 Å². The number of alkyl halides is 3. The van der Waals surface area contributed by atoms with Crippen LogP contribution in [0.1, 0.15) is 55.3 Å². The van der Waals surface area contributed by atoms with E-state index in [0.29, 0.717) is 26.7 Å². The molecule has 1 aromatic carbocycles. The zero-order valence-corrected chi connectivity index (χ0v) is 24.2. The van der Waals surface area contributed by atoms with Crippen molar-refractivity contribution in [3.05, 3.63) is 32.9 Å². The Morgan fingerprint density at radius 1 is 1.25 bits per heavy atom. The summed E-state index contributed by atoms with van der Waals surface area (Å²) >= 11 is 1.89. The number of carbonyl (C=O) groups excluding carboxylic acids is 3. The van der Waals surface area contributed by atoms with Gasteiger partial charge in [0.1, 0.15) is 25.0 Å². The van der Waals surface area contributed by atoms with E-state index in [1.807, 2.05) is 22.6 Å². The van der Waals surface area contributed by atoms with Crippen LogP contribution in [0.25, 0.3) is 0 Å². The predicted octanol–water partition coefficient (Wildman–Crippen LogP) is 3.39. The molecule has 3 unspecified atom stereocenters. The van der Waals surface area contributed by atoms with Crippen LogP contribution < -0.4 is 14.8 Å². The third-order valence-electron chi connectivity index (χ3n) is 7.17. The molecule has 40 heavy (non-hydrogen) atoms. The molecule has 1 fully saturated rings. The minimum Gasteiger partial charge on any atom is -0.493 e. The number of aldehydes is 1. The standard InChI is InChI=1S/C27H34F3IN2O7/c1-39-22-11-17(14-35)10-19(31)25(22)40-21-13-18(26(38)32-8-9-34)12-20(24(21)37)33(15-27(28,29)30)23(36)7-6-16-4-2-3-5-16/h10-11,13-14,16,20-21,24,34,37H,2-9,12,15H2,1H3,(H,32,38). The molecule has 3 atom stereocenters. The van der Waals surface area contributed by atoms with Gasteiger partial charge in [0.05, 0.1) is 23.3 Å². The monoisotopic (exact) mass is 682 g/mol. The number of aliphatic hydroxyl groups is 2. The summed E-state index contributed by atoms with van der Waals surface area (Å²) < 4.78 is 52.9. The fourth-order valence-electron chi connectivity index (χ4n) is 5.19. The van der Waals surface area contributed by atoms with E-state index >= 15 is 0 Å². The molecule has 2 aliphatic carbocycles. The maximum Gasteiger partial charge on any atom is 0.406 e. The van der Waals surface area contributed by atoms with E-state index in [0.717, 1.165) is 25.7 Å². The average Bonchev–Trinajstić information content (AvgIpc) is 3.44. The normalized spacial score (nSPS) is 21.5. The lowest BCUT2D eigenvalue weighted by molar-refractivity contribution is -0.172. The highest BCUT2D eigenvalue weighted by Gasteiger charge is 2.44. The average molecular weight is 682 g/mol. The van der Waals surface area contributed by atoms with E-state index in [9.17, 15) is 32.7 Å². The second-order valence-corrected chi connectivity index (χ2v) is 11.2. The van der Waals surface area contributed by atoms with E-state index in [1.54, 1.807) is 0 Å². The van der Waals surface area contributed by atoms with Gasteiger partial charge in [-0.2, -0.15) is 13.2 Å². The molecule has 0 aliphatic heterocycles. The molecular weight excluding hydrogens is 648 g/mol. The number of ether oxygens (including phenoxy) is 2. The fraction of sp³-hybridized carbons (Fsp3) is 0.593. The topological polar surface area (TPSA) is 125 Å². The second-order valence-electron chi connectivity index (χ2n) is 9.99. The summed E-state index contributed by atoms with van der Waals surface area (Å²) in [5.74, 6) is -0.899. The Morgan fingerprint density at radius 3 is 2.55 bits per heavy atom. The van der Waals surface area contributed by atoms with Crippen molar-refractivity contribution in [3.8, 4) is 11.5 Å². The molecule has 13 heteroatoms. The van der Waals surface area contributed by atoms with Crippen LogP contribution >= 0.6 is 22.6 Å². The number of amides is 2. The Morgan fingerprint density at radius 2 is 1.95 bits per heavy atom. The van der Waals surface area contributed by atoms with Crippen LogP contribution in [0.15, 0.2) is 23.8 Å². The first kappa shape index (κ1) is 32.1. The van der Waals surface area contributed by atoms with E-state index in [4.69, 9.17) is 14.6 Å². The quantitative estimate of drug-likeness (QED) is 0.228. The van der Waals surface area contributed by atoms with Crippen molar-refractivity contribution in [2.24, 2.45) is 5.92 Å². The molecule has 1 saturated carbocycles. The van der Waals surface area contributed by atoms with Gasteiger partial charge >= 0.3 is 6.18 Å². The van der Waals surface area contributed by atoms with Crippen molar-refractivity contribution in [2.75, 3.05) is 26.8 Å². The minimum atomic E-state index is -4.75. The number of halogens is 4. The Balaban J connectivity index is 1.96. The lowest BCUT2D eigenvalue weighted by atomic mass is 9.87. The van der Waals surface area contributed by atoms with Gasteiger partial charge in [-0.25, -0.2) is 0 Å². The van der Waals surface area contributed by atoms with Crippen LogP contribution in [0.4, 0.5) is 13.2 Å². The van der Waals surface area contributed by atoms with Gasteiger partial charge in [-0.1, -0.05) is 25.7 Å². The smallest absolute Gasteiger partial charge is 0.406 e. The van der Waals surface area contributed by atoms with Crippen LogP contribution in [-0.4, -0.2) is 84.4 Å². The van der Waals surface area contributed by atoms with Crippen LogP contribution in [0.5, 0.6) is 11.5 Å². The van der Waals surface area contributed by atoms with Crippen LogP contribution in [0, 0.1) is 9.49 Å². The number of methoxy groups -OCH3 is 1. The van der Waals surface area contributed by atoms with Crippen LogP contribution in [0.2, 0.25) is 0 Å². The highest BCUT2D eigenvalue weighted by Crippen LogP contribution is 2.37. The van der Waals surface area contributed by atoms with Crippen molar-refractivity contribution in [3.63, 3.8) is 0 Å². The van der Waals surface area contributed by atoms with Gasteiger partial charge in [-0.05, 0) is 53.1 Å². The van der Waals surface area contributed by atoms with Gasteiger partial charge in [-0.3, -0.25) is 14.4 Å². The number of aliphatic hydroxyl groups excluding tert-OH is 2. The molecule has 0 spiro atoms. The molecule has 3 rings (SSSR count).